The topological polar surface area (TPSA) is 9.86 Å². The number of hydrogen-bond donors (Lipinski definition) is 0. The molecule has 0 fully saturated rings. The third kappa shape index (κ3) is 5.97. The minimum atomic E-state index is -4.93. The van der Waals surface area contributed by atoms with E-state index in [0.717, 1.165) is 78.0 Å². The van der Waals surface area contributed by atoms with Gasteiger partial charge < -0.3 is 9.13 Å². The molecule has 0 bridgehead atoms. The zero-order valence-electron chi connectivity index (χ0n) is 33.5. The van der Waals surface area contributed by atoms with E-state index in [1.54, 1.807) is 21.3 Å². The second-order valence-corrected chi connectivity index (χ2v) is 16.1. The predicted molar refractivity (Wildman–Crippen MR) is 235 cm³/mol. The Morgan fingerprint density at radius 3 is 2.08 bits per heavy atom. The highest BCUT2D eigenvalue weighted by Crippen LogP contribution is 2.46. The normalized spacial score (nSPS) is 15.1. The van der Waals surface area contributed by atoms with Crippen LogP contribution in [-0.2, 0) is 12.6 Å². The van der Waals surface area contributed by atoms with Crippen LogP contribution in [0.3, 0.4) is 0 Å². The lowest BCUT2D eigenvalue weighted by Crippen LogP contribution is -2.24. The standard InChI is InChI=1S/C53H39F5N2/c1-30-16-20-37(32(3)24-30)34-18-22-41-39-10-5-7-14-45(39)59(47(41)26-34)49-28-36(51-43(54)12-9-13-44(51)55)29-50(52(49)53(56,57)58)60-46-15-8-6-11-40(46)42-23-19-35(27-48(42)60)38-21-17-31(2)25-33(38)4/h5-10,12-20,22-29H,11,21H2,1-4H3. The minimum absolute atomic E-state index is 0.0146. The molecule has 0 N–H and O–H groups in total. The number of alkyl halides is 3. The second kappa shape index (κ2) is 13.9. The van der Waals surface area contributed by atoms with Gasteiger partial charge in [0.15, 0.2) is 0 Å². The average molecular weight is 799 g/mol. The van der Waals surface area contributed by atoms with Crippen molar-refractivity contribution in [2.24, 2.45) is 0 Å². The molecule has 2 heterocycles. The van der Waals surface area contributed by atoms with Crippen molar-refractivity contribution in [3.63, 3.8) is 0 Å². The molecule has 6 aromatic carbocycles. The van der Waals surface area contributed by atoms with E-state index in [9.17, 15) is 0 Å². The van der Waals surface area contributed by atoms with Gasteiger partial charge >= 0.3 is 6.18 Å². The molecule has 2 aliphatic carbocycles. The first-order valence-corrected chi connectivity index (χ1v) is 20.1. The Morgan fingerprint density at radius 2 is 1.33 bits per heavy atom. The highest BCUT2D eigenvalue weighted by molar-refractivity contribution is 6.10. The highest BCUT2D eigenvalue weighted by atomic mass is 19.4. The van der Waals surface area contributed by atoms with E-state index in [0.29, 0.717) is 34.7 Å². The maximum atomic E-state index is 16.5. The van der Waals surface area contributed by atoms with Crippen LogP contribution in [0.1, 0.15) is 42.5 Å². The third-order valence-electron chi connectivity index (χ3n) is 12.2. The molecule has 8 aromatic rings. The number of halogens is 5. The molecular formula is C53H39F5N2. The van der Waals surface area contributed by atoms with Crippen molar-refractivity contribution < 1.29 is 22.0 Å². The lowest BCUT2D eigenvalue weighted by atomic mass is 9.93. The Balaban J connectivity index is 1.39. The van der Waals surface area contributed by atoms with E-state index in [1.807, 2.05) is 92.7 Å². The summed E-state index contributed by atoms with van der Waals surface area (Å²) < 4.78 is 84.7. The van der Waals surface area contributed by atoms with E-state index in [1.165, 1.54) is 18.2 Å². The maximum Gasteiger partial charge on any atom is 0.420 e. The number of allylic oxidation sites excluding steroid dienone is 6. The van der Waals surface area contributed by atoms with Gasteiger partial charge in [0, 0.05) is 16.2 Å². The lowest BCUT2D eigenvalue weighted by molar-refractivity contribution is -0.137. The van der Waals surface area contributed by atoms with Crippen molar-refractivity contribution >= 4 is 44.4 Å². The first-order chi connectivity index (χ1) is 28.9. The van der Waals surface area contributed by atoms with Crippen molar-refractivity contribution in [3.8, 4) is 33.6 Å². The summed E-state index contributed by atoms with van der Waals surface area (Å²) in [6.07, 6.45) is 6.20. The van der Waals surface area contributed by atoms with Crippen LogP contribution in [0.15, 0.2) is 145 Å². The molecule has 296 valence electrons. The number of para-hydroxylation sites is 1. The van der Waals surface area contributed by atoms with Crippen molar-refractivity contribution in [1.29, 1.82) is 0 Å². The Bertz CT molecular complexity index is 3350. The van der Waals surface area contributed by atoms with Crippen molar-refractivity contribution in [2.75, 3.05) is 0 Å². The quantitative estimate of drug-likeness (QED) is 0.157. The lowest BCUT2D eigenvalue weighted by Gasteiger charge is -2.23. The number of hydrogen-bond acceptors (Lipinski definition) is 0. The monoisotopic (exact) mass is 798 g/mol. The first kappa shape index (κ1) is 37.5. The molecule has 10 rings (SSSR count). The zero-order valence-corrected chi connectivity index (χ0v) is 33.5. The van der Waals surface area contributed by atoms with Crippen LogP contribution in [-0.4, -0.2) is 9.13 Å². The summed E-state index contributed by atoms with van der Waals surface area (Å²) in [5.74, 6) is -1.75. The Kier molecular flexibility index (Phi) is 8.72. The molecule has 0 aliphatic heterocycles. The van der Waals surface area contributed by atoms with Crippen molar-refractivity contribution in [2.45, 2.75) is 46.7 Å². The van der Waals surface area contributed by atoms with E-state index in [4.69, 9.17) is 0 Å². The molecular weight excluding hydrogens is 760 g/mol. The van der Waals surface area contributed by atoms with Crippen molar-refractivity contribution in [1.82, 2.24) is 9.13 Å². The maximum absolute atomic E-state index is 16.5. The van der Waals surface area contributed by atoms with Crippen molar-refractivity contribution in [3.05, 3.63) is 189 Å². The molecule has 0 amide bonds. The third-order valence-corrected chi connectivity index (χ3v) is 12.2. The number of aryl methyl sites for hydroxylation is 2. The van der Waals surface area contributed by atoms with Gasteiger partial charge in [0.25, 0.3) is 0 Å². The van der Waals surface area contributed by atoms with Crippen LogP contribution < -0.4 is 10.6 Å². The Labute approximate surface area is 343 Å². The van der Waals surface area contributed by atoms with Gasteiger partial charge in [0.05, 0.1) is 38.8 Å². The molecule has 2 aliphatic rings. The van der Waals surface area contributed by atoms with Crippen LogP contribution >= 0.6 is 0 Å². The minimum Gasteiger partial charge on any atom is -0.309 e. The summed E-state index contributed by atoms with van der Waals surface area (Å²) in [5, 5.41) is 3.80. The average Bonchev–Trinajstić information content (AvgIpc) is 3.72. The van der Waals surface area contributed by atoms with Gasteiger partial charge in [-0.05, 0) is 133 Å². The number of aromatic nitrogens is 2. The Morgan fingerprint density at radius 1 is 0.617 bits per heavy atom. The smallest absolute Gasteiger partial charge is 0.309 e. The number of nitrogens with zero attached hydrogens (tertiary/aromatic N) is 2. The summed E-state index contributed by atoms with van der Waals surface area (Å²) in [6.45, 7) is 8.14. The largest absolute Gasteiger partial charge is 0.420 e. The van der Waals surface area contributed by atoms with Gasteiger partial charge in [-0.1, -0.05) is 102 Å². The fourth-order valence-corrected chi connectivity index (χ4v) is 9.52. The molecule has 0 saturated carbocycles. The van der Waals surface area contributed by atoms with Gasteiger partial charge in [-0.15, -0.1) is 0 Å². The predicted octanol–water partition coefficient (Wildman–Crippen LogP) is 13.3. The molecule has 2 nitrogen and oxygen atoms in total. The van der Waals surface area contributed by atoms with E-state index < -0.39 is 28.9 Å². The van der Waals surface area contributed by atoms with E-state index in [2.05, 4.69) is 32.1 Å². The van der Waals surface area contributed by atoms with Crippen LogP contribution in [0.2, 0.25) is 0 Å². The van der Waals surface area contributed by atoms with Crippen LogP contribution in [0.5, 0.6) is 0 Å². The van der Waals surface area contributed by atoms with Gasteiger partial charge in [-0.2, -0.15) is 13.2 Å². The summed E-state index contributed by atoms with van der Waals surface area (Å²) in [7, 11) is 0. The number of benzene rings is 6. The Hall–Kier alpha value is -6.73. The molecule has 7 heteroatoms. The van der Waals surface area contributed by atoms with Gasteiger partial charge in [-0.25, -0.2) is 8.78 Å². The molecule has 60 heavy (non-hydrogen) atoms. The van der Waals surface area contributed by atoms with Crippen LogP contribution in [0.4, 0.5) is 22.0 Å². The summed E-state index contributed by atoms with van der Waals surface area (Å²) in [4.78, 5) is 0. The molecule has 0 spiro atoms. The molecule has 2 aromatic heterocycles. The fourth-order valence-electron chi connectivity index (χ4n) is 9.52. The molecule has 0 saturated heterocycles. The molecule has 0 radical (unpaired) electrons. The summed E-state index contributed by atoms with van der Waals surface area (Å²) in [5.41, 5.74) is 7.97. The number of fused-ring (bicyclic) bond motifs is 6. The fraction of sp³-hybridized carbons (Fsp3) is 0.132. The molecule has 0 atom stereocenters. The SMILES string of the molecule is CC1=CCC(=c2ccc3c4c(n(-c5cc(-c6c(F)cccc6F)cc(-n6c7ccccc7c7ccc(-c8ccc(C)cc8C)cc76)c5C(F)(F)F)c3c2)=CC=CC4)C(C)=C1. The van der Waals surface area contributed by atoms with Crippen LogP contribution in [0.25, 0.3) is 78.0 Å². The first-order valence-electron chi connectivity index (χ1n) is 20.1. The van der Waals surface area contributed by atoms with Gasteiger partial charge in [0.1, 0.15) is 17.2 Å². The summed E-state index contributed by atoms with van der Waals surface area (Å²) in [6, 6.07) is 31.5. The number of rotatable bonds is 4. The van der Waals surface area contributed by atoms with Gasteiger partial charge in [-0.3, -0.25) is 0 Å². The van der Waals surface area contributed by atoms with E-state index >= 15 is 22.0 Å². The highest BCUT2D eigenvalue weighted by Gasteiger charge is 2.40. The molecule has 0 unspecified atom stereocenters. The van der Waals surface area contributed by atoms with Crippen LogP contribution in [0, 0.1) is 25.5 Å². The zero-order chi connectivity index (χ0) is 41.6. The van der Waals surface area contributed by atoms with Gasteiger partial charge in [0.2, 0.25) is 0 Å². The summed E-state index contributed by atoms with van der Waals surface area (Å²) >= 11 is 0. The second-order valence-electron chi connectivity index (χ2n) is 16.1. The van der Waals surface area contributed by atoms with E-state index in [-0.39, 0.29) is 16.9 Å².